The molecule has 0 spiro atoms. The number of rotatable bonds is 28. The summed E-state index contributed by atoms with van der Waals surface area (Å²) in [7, 11) is 1.32. The van der Waals surface area contributed by atoms with E-state index in [1.54, 1.807) is 154 Å². The molecule has 0 aliphatic rings. The summed E-state index contributed by atoms with van der Waals surface area (Å²) in [5.74, 6) is 0.705. The van der Waals surface area contributed by atoms with Crippen molar-refractivity contribution in [2.24, 2.45) is 0 Å². The topological polar surface area (TPSA) is 223 Å². The number of ketones is 6. The van der Waals surface area contributed by atoms with Gasteiger partial charge in [0.1, 0.15) is 34.6 Å². The van der Waals surface area contributed by atoms with Crippen LogP contribution in [0.15, 0.2) is 389 Å². The lowest BCUT2D eigenvalue weighted by molar-refractivity contribution is 0.103. The number of hydrogen-bond donors (Lipinski definition) is 7. The second-order valence-electron chi connectivity index (χ2n) is 27.7. The van der Waals surface area contributed by atoms with Gasteiger partial charge in [0.15, 0.2) is 34.7 Å². The lowest BCUT2D eigenvalue weighted by Gasteiger charge is -2.36. The molecule has 0 saturated heterocycles. The molecule has 12 aromatic rings. The fourth-order valence-electron chi connectivity index (χ4n) is 10.3. The molecule has 0 atom stereocenters. The number of hydrogen-bond acceptors (Lipinski definition) is 16. The number of para-hydroxylation sites is 1. The number of aryl methyl sites for hydroxylation is 2. The Bertz CT molecular complexity index is 5220. The average Bonchev–Trinajstić information content (AvgIpc) is 0.820. The standard InChI is InChI=1S/C21H27NO2Si.C17H17NO3.C17H17NO.C15H11F2NO.C15H13NO2.C15H13NO/c1-21(2,3)25(4,5)24-19-13-9-12-18(16-19)22-15-14-20(23)17-10-7-6-8-11-17;1-20-15-10-14(11-16(12-15)21-2)18-9-8-17(19)13-6-4-3-5-7-13;1-13-10-14(2)12-16(11-13)18-9-8-17(19)15-6-4-3-5-7-15;16-12-8-13(17)10-14(9-12)18-7-6-15(19)11-4-2-1-3-5-11;17-14-8-4-7-13(11-14)16-10-9-15(18)12-5-2-1-3-6-12;17-15(13-7-3-1-4-8-13)11-12-16-14-9-5-2-6-10-14/h6-16,22H,1-5H3;3-12,18H,1-2H3;3-12,18H,1-2H3;1-10,18H;1-11,16-17H;1-12,16H/b15-14-;2*9-8-;7-6-;10-9-;12-11-. The number of benzene rings is 12. The third-order valence-electron chi connectivity index (χ3n) is 17.3. The number of ether oxygens (including phenoxy) is 2. The number of phenols is 1. The first-order chi connectivity index (χ1) is 57.3. The number of aromatic hydroxyl groups is 1. The van der Waals surface area contributed by atoms with Crippen LogP contribution in [0.5, 0.6) is 23.0 Å². The fourth-order valence-corrected chi connectivity index (χ4v) is 11.3. The van der Waals surface area contributed by atoms with Crippen LogP contribution in [0.2, 0.25) is 18.1 Å². The first-order valence-electron chi connectivity index (χ1n) is 37.9. The van der Waals surface area contributed by atoms with Crippen molar-refractivity contribution in [3.05, 3.63) is 445 Å². The Balaban J connectivity index is 0.000000198. The SMILES string of the molecule is CC(C)(C)[Si](C)(C)Oc1cccc(N/C=C\C(=O)c2ccccc2)c1.COc1cc(N/C=C\C(=O)c2ccccc2)cc(OC)c1.Cc1cc(C)cc(N/C=C\C(=O)c2ccccc2)c1.O=C(/C=C\Nc1cc(F)cc(F)c1)c1ccccc1.O=C(/C=C\Nc1cccc(O)c1)c1ccccc1.O=C(/C=C\Nc1ccccc1)c1ccccc1. The van der Waals surface area contributed by atoms with Crippen molar-refractivity contribution in [1.29, 1.82) is 0 Å². The van der Waals surface area contributed by atoms with Gasteiger partial charge in [-0.05, 0) is 104 Å². The average molecular weight is 1610 g/mol. The second kappa shape index (κ2) is 49.1. The monoisotopic (exact) mass is 1610 g/mol. The van der Waals surface area contributed by atoms with Crippen molar-refractivity contribution < 1.29 is 56.6 Å². The van der Waals surface area contributed by atoms with Crippen molar-refractivity contribution in [2.45, 2.75) is 52.8 Å². The Morgan fingerprint density at radius 3 is 0.874 bits per heavy atom. The Morgan fingerprint density at radius 2 is 0.563 bits per heavy atom. The van der Waals surface area contributed by atoms with Gasteiger partial charge >= 0.3 is 0 Å². The van der Waals surface area contributed by atoms with Crippen LogP contribution in [-0.4, -0.2) is 62.3 Å². The Kier molecular flexibility index (Phi) is 37.7. The molecule has 0 amide bonds. The fraction of sp³-hybridized carbons (Fsp3) is 0.100. The normalized spacial score (nSPS) is 10.8. The third kappa shape index (κ3) is 34.4. The van der Waals surface area contributed by atoms with E-state index < -0.39 is 20.0 Å². The molecule has 0 radical (unpaired) electrons. The first-order valence-corrected chi connectivity index (χ1v) is 40.8. The molecule has 0 bridgehead atoms. The minimum absolute atomic E-state index is 0.00234. The Hall–Kier alpha value is -14.8. The van der Waals surface area contributed by atoms with E-state index in [0.717, 1.165) is 52.4 Å². The predicted octanol–water partition coefficient (Wildman–Crippen LogP) is 24.0. The van der Waals surface area contributed by atoms with Crippen molar-refractivity contribution in [1.82, 2.24) is 0 Å². The summed E-state index contributed by atoms with van der Waals surface area (Å²) in [6, 6.07) is 93.5. The van der Waals surface area contributed by atoms with Gasteiger partial charge in [0.25, 0.3) is 0 Å². The number of allylic oxidation sites excluding steroid dienone is 6. The zero-order valence-electron chi connectivity index (χ0n) is 67.8. The highest BCUT2D eigenvalue weighted by Crippen LogP contribution is 2.38. The molecule has 0 aromatic heterocycles. The van der Waals surface area contributed by atoms with E-state index in [-0.39, 0.29) is 51.2 Å². The van der Waals surface area contributed by atoms with E-state index >= 15 is 0 Å². The largest absolute Gasteiger partial charge is 0.543 e. The Labute approximate surface area is 696 Å². The van der Waals surface area contributed by atoms with E-state index in [0.29, 0.717) is 44.9 Å². The lowest BCUT2D eigenvalue weighted by Crippen LogP contribution is -2.43. The van der Waals surface area contributed by atoms with Gasteiger partial charge in [-0.25, -0.2) is 8.78 Å². The van der Waals surface area contributed by atoms with Gasteiger partial charge in [-0.2, -0.15) is 0 Å². The van der Waals surface area contributed by atoms with Gasteiger partial charge < -0.3 is 50.9 Å². The molecule has 12 rings (SSSR count). The molecular formula is C100H98F2N6O10Si. The summed E-state index contributed by atoms with van der Waals surface area (Å²) in [5.41, 5.74) is 10.9. The predicted molar refractivity (Wildman–Crippen MR) is 482 cm³/mol. The summed E-state index contributed by atoms with van der Waals surface area (Å²) in [6.07, 6.45) is 18.4. The number of anilines is 6. The van der Waals surface area contributed by atoms with E-state index in [9.17, 15) is 42.7 Å². The molecule has 0 unspecified atom stereocenters. The summed E-state index contributed by atoms with van der Waals surface area (Å²) < 4.78 is 42.5. The summed E-state index contributed by atoms with van der Waals surface area (Å²) >= 11 is 0. The maximum Gasteiger partial charge on any atom is 0.250 e. The highest BCUT2D eigenvalue weighted by molar-refractivity contribution is 6.74. The van der Waals surface area contributed by atoms with Crippen LogP contribution in [0.1, 0.15) is 94.0 Å². The number of phenolic OH excluding ortho intramolecular Hbond substituents is 1. The molecule has 19 heteroatoms. The molecule has 0 heterocycles. The van der Waals surface area contributed by atoms with Gasteiger partial charge in [-0.1, -0.05) is 239 Å². The van der Waals surface area contributed by atoms with Crippen molar-refractivity contribution in [3.8, 4) is 23.0 Å². The van der Waals surface area contributed by atoms with Crippen molar-refractivity contribution >= 4 is 77.1 Å². The van der Waals surface area contributed by atoms with E-state index in [1.165, 1.54) is 47.7 Å². The summed E-state index contributed by atoms with van der Waals surface area (Å²) in [4.78, 5) is 70.9. The highest BCUT2D eigenvalue weighted by atomic mass is 28.4. The molecule has 12 aromatic carbocycles. The number of halogens is 2. The minimum atomic E-state index is -1.86. The summed E-state index contributed by atoms with van der Waals surface area (Å²) in [5, 5.41) is 27.3. The van der Waals surface area contributed by atoms with Crippen LogP contribution in [-0.2, 0) is 0 Å². The molecule has 606 valence electrons. The third-order valence-corrected chi connectivity index (χ3v) is 21.7. The first kappa shape index (κ1) is 91.4. The van der Waals surface area contributed by atoms with Crippen LogP contribution >= 0.6 is 0 Å². The molecule has 16 nitrogen and oxygen atoms in total. The maximum atomic E-state index is 12.9. The van der Waals surface area contributed by atoms with Crippen LogP contribution in [0.25, 0.3) is 0 Å². The molecule has 0 fully saturated rings. The van der Waals surface area contributed by atoms with Crippen LogP contribution in [0.4, 0.5) is 42.9 Å². The minimum Gasteiger partial charge on any atom is -0.543 e. The number of carbonyl (C=O) groups is 6. The molecule has 119 heavy (non-hydrogen) atoms. The Morgan fingerprint density at radius 1 is 0.303 bits per heavy atom. The van der Waals surface area contributed by atoms with Gasteiger partial charge in [0.05, 0.1) is 14.2 Å². The van der Waals surface area contributed by atoms with Gasteiger partial charge in [-0.3, -0.25) is 28.8 Å². The molecule has 7 N–H and O–H groups in total. The zero-order valence-corrected chi connectivity index (χ0v) is 68.8. The quantitative estimate of drug-likeness (QED) is 0.0138. The van der Waals surface area contributed by atoms with Gasteiger partial charge in [-0.15, -0.1) is 0 Å². The smallest absolute Gasteiger partial charge is 0.250 e. The molecule has 0 aliphatic carbocycles. The molecule has 0 aliphatic heterocycles. The molecule has 0 saturated carbocycles. The molecular weight excluding hydrogens is 1510 g/mol. The maximum absolute atomic E-state index is 12.9. The zero-order chi connectivity index (χ0) is 85.6. The van der Waals surface area contributed by atoms with E-state index in [1.807, 2.05) is 188 Å². The van der Waals surface area contributed by atoms with Crippen molar-refractivity contribution in [2.75, 3.05) is 46.1 Å². The highest BCUT2D eigenvalue weighted by Gasteiger charge is 2.39. The van der Waals surface area contributed by atoms with Crippen LogP contribution < -0.4 is 45.8 Å². The van der Waals surface area contributed by atoms with Gasteiger partial charge in [0.2, 0.25) is 8.32 Å². The van der Waals surface area contributed by atoms with E-state index in [4.69, 9.17) is 13.9 Å². The summed E-state index contributed by atoms with van der Waals surface area (Å²) in [6.45, 7) is 15.2. The van der Waals surface area contributed by atoms with E-state index in [2.05, 4.69) is 85.7 Å². The number of nitrogens with one attached hydrogen (secondary N) is 6. The number of methoxy groups -OCH3 is 2. The van der Waals surface area contributed by atoms with Gasteiger partial charge in [0, 0.05) is 178 Å². The van der Waals surface area contributed by atoms with Crippen LogP contribution in [0.3, 0.4) is 0 Å². The number of carbonyl (C=O) groups excluding carboxylic acids is 6. The second-order valence-corrected chi connectivity index (χ2v) is 32.4. The van der Waals surface area contributed by atoms with Crippen molar-refractivity contribution in [3.63, 3.8) is 0 Å². The lowest BCUT2D eigenvalue weighted by atomic mass is 10.1. The van der Waals surface area contributed by atoms with Crippen LogP contribution in [0, 0.1) is 25.5 Å².